The molecule has 4 nitrogen and oxygen atoms in total. The molecule has 1 amide bonds. The number of carbonyl (C=O) groups excluding carboxylic acids is 1. The molecule has 6 heteroatoms. The molecule has 0 bridgehead atoms. The van der Waals surface area contributed by atoms with Gasteiger partial charge in [-0.2, -0.15) is 0 Å². The van der Waals surface area contributed by atoms with Gasteiger partial charge in [0, 0.05) is 18.2 Å². The highest BCUT2D eigenvalue weighted by atomic mass is 19.2. The Bertz CT molecular complexity index is 734. The summed E-state index contributed by atoms with van der Waals surface area (Å²) < 4.78 is 26.0. The normalized spacial score (nSPS) is 13.2. The molecule has 0 aliphatic carbocycles. The highest BCUT2D eigenvalue weighted by Gasteiger charge is 2.37. The van der Waals surface area contributed by atoms with Crippen molar-refractivity contribution in [3.05, 3.63) is 65.7 Å². The lowest BCUT2D eigenvalue weighted by Gasteiger charge is -2.24. The van der Waals surface area contributed by atoms with E-state index in [-0.39, 0.29) is 12.1 Å². The molecular formula is C17H15F2NO3. The van der Waals surface area contributed by atoms with E-state index in [1.165, 1.54) is 13.0 Å². The summed E-state index contributed by atoms with van der Waals surface area (Å²) >= 11 is 0. The third-order valence-electron chi connectivity index (χ3n) is 3.60. The summed E-state index contributed by atoms with van der Waals surface area (Å²) in [5.41, 5.74) is -0.883. The van der Waals surface area contributed by atoms with Crippen LogP contribution in [0.2, 0.25) is 0 Å². The Morgan fingerprint density at radius 3 is 2.30 bits per heavy atom. The molecule has 0 saturated heterocycles. The van der Waals surface area contributed by atoms with E-state index in [0.717, 1.165) is 12.1 Å². The van der Waals surface area contributed by atoms with Crippen molar-refractivity contribution in [2.75, 3.05) is 5.32 Å². The second-order valence-corrected chi connectivity index (χ2v) is 5.36. The van der Waals surface area contributed by atoms with Crippen LogP contribution in [0.1, 0.15) is 18.9 Å². The second kappa shape index (κ2) is 6.56. The molecule has 0 saturated carbocycles. The van der Waals surface area contributed by atoms with E-state index < -0.39 is 28.9 Å². The molecular weight excluding hydrogens is 304 g/mol. The van der Waals surface area contributed by atoms with Gasteiger partial charge < -0.3 is 10.4 Å². The van der Waals surface area contributed by atoms with Crippen molar-refractivity contribution in [2.24, 2.45) is 0 Å². The smallest absolute Gasteiger partial charge is 0.314 e. The molecule has 2 rings (SSSR count). The number of benzene rings is 2. The maximum Gasteiger partial charge on any atom is 0.314 e. The van der Waals surface area contributed by atoms with Gasteiger partial charge >= 0.3 is 5.97 Å². The summed E-state index contributed by atoms with van der Waals surface area (Å²) in [5.74, 6) is -3.87. The first-order valence-corrected chi connectivity index (χ1v) is 6.87. The zero-order valence-corrected chi connectivity index (χ0v) is 12.3. The first-order chi connectivity index (χ1) is 10.8. The van der Waals surface area contributed by atoms with Crippen LogP contribution in [-0.4, -0.2) is 17.0 Å². The second-order valence-electron chi connectivity index (χ2n) is 5.36. The average molecular weight is 319 g/mol. The van der Waals surface area contributed by atoms with Crippen molar-refractivity contribution in [1.82, 2.24) is 0 Å². The molecule has 23 heavy (non-hydrogen) atoms. The van der Waals surface area contributed by atoms with Crippen LogP contribution in [0.5, 0.6) is 0 Å². The maximum absolute atomic E-state index is 13.1. The Morgan fingerprint density at radius 1 is 1.09 bits per heavy atom. The SMILES string of the molecule is CC(CC(=O)Nc1ccc(F)c(F)c1)(C(=O)O)c1ccccc1. The number of carboxylic acids is 1. The lowest BCUT2D eigenvalue weighted by Crippen LogP contribution is -2.36. The third kappa shape index (κ3) is 3.71. The van der Waals surface area contributed by atoms with Crippen LogP contribution in [0.15, 0.2) is 48.5 Å². The Morgan fingerprint density at radius 2 is 1.74 bits per heavy atom. The van der Waals surface area contributed by atoms with Gasteiger partial charge in [-0.3, -0.25) is 9.59 Å². The number of halogens is 2. The quantitative estimate of drug-likeness (QED) is 0.888. The molecule has 2 aromatic rings. The highest BCUT2D eigenvalue weighted by molar-refractivity contribution is 5.96. The summed E-state index contributed by atoms with van der Waals surface area (Å²) in [6.07, 6.45) is -0.342. The number of amides is 1. The molecule has 0 spiro atoms. The Kier molecular flexibility index (Phi) is 4.74. The lowest BCUT2D eigenvalue weighted by molar-refractivity contribution is -0.145. The largest absolute Gasteiger partial charge is 0.481 e. The van der Waals surface area contributed by atoms with Gasteiger partial charge in [0.2, 0.25) is 5.91 Å². The number of aliphatic carboxylic acids is 1. The monoisotopic (exact) mass is 319 g/mol. The Labute approximate surface area is 131 Å². The van der Waals surface area contributed by atoms with Crippen LogP contribution in [0.4, 0.5) is 14.5 Å². The fraction of sp³-hybridized carbons (Fsp3) is 0.176. The molecule has 0 aliphatic rings. The number of rotatable bonds is 5. The summed E-state index contributed by atoms with van der Waals surface area (Å²) in [7, 11) is 0. The molecule has 0 fully saturated rings. The number of carbonyl (C=O) groups is 2. The van der Waals surface area contributed by atoms with Crippen molar-refractivity contribution in [3.63, 3.8) is 0 Å². The number of carboxylic acid groups (broad SMARTS) is 1. The molecule has 0 heterocycles. The molecule has 0 aliphatic heterocycles. The topological polar surface area (TPSA) is 66.4 Å². The average Bonchev–Trinajstić information content (AvgIpc) is 2.51. The van der Waals surface area contributed by atoms with Gasteiger partial charge in [0.25, 0.3) is 0 Å². The van der Waals surface area contributed by atoms with Crippen LogP contribution in [0.25, 0.3) is 0 Å². The van der Waals surface area contributed by atoms with Crippen LogP contribution in [0, 0.1) is 11.6 Å². The molecule has 120 valence electrons. The van der Waals surface area contributed by atoms with Crippen molar-refractivity contribution in [3.8, 4) is 0 Å². The van der Waals surface area contributed by atoms with Gasteiger partial charge in [-0.05, 0) is 24.6 Å². The third-order valence-corrected chi connectivity index (χ3v) is 3.60. The standard InChI is InChI=1S/C17H15F2NO3/c1-17(16(22)23,11-5-3-2-4-6-11)10-15(21)20-12-7-8-13(18)14(19)9-12/h2-9H,10H2,1H3,(H,20,21)(H,22,23). The minimum Gasteiger partial charge on any atom is -0.481 e. The minimum atomic E-state index is -1.43. The fourth-order valence-corrected chi connectivity index (χ4v) is 2.21. The predicted octanol–water partition coefficient (Wildman–Crippen LogP) is 3.34. The Balaban J connectivity index is 2.19. The number of hydrogen-bond donors (Lipinski definition) is 2. The van der Waals surface area contributed by atoms with E-state index in [1.807, 2.05) is 0 Å². The summed E-state index contributed by atoms with van der Waals surface area (Å²) in [4.78, 5) is 23.7. The van der Waals surface area contributed by atoms with E-state index in [0.29, 0.717) is 5.56 Å². The van der Waals surface area contributed by atoms with Crippen LogP contribution in [0.3, 0.4) is 0 Å². The molecule has 1 atom stereocenters. The van der Waals surface area contributed by atoms with E-state index in [9.17, 15) is 23.5 Å². The lowest BCUT2D eigenvalue weighted by atomic mass is 9.79. The van der Waals surface area contributed by atoms with E-state index >= 15 is 0 Å². The molecule has 1 unspecified atom stereocenters. The van der Waals surface area contributed by atoms with E-state index in [4.69, 9.17) is 0 Å². The van der Waals surface area contributed by atoms with Gasteiger partial charge in [0.15, 0.2) is 11.6 Å². The van der Waals surface area contributed by atoms with Crippen LogP contribution < -0.4 is 5.32 Å². The first kappa shape index (κ1) is 16.6. The van der Waals surface area contributed by atoms with Gasteiger partial charge in [-0.15, -0.1) is 0 Å². The van der Waals surface area contributed by atoms with Gasteiger partial charge in [0.05, 0.1) is 5.41 Å². The van der Waals surface area contributed by atoms with Crippen molar-refractivity contribution < 1.29 is 23.5 Å². The summed E-state index contributed by atoms with van der Waals surface area (Å²) in [5, 5.41) is 11.9. The predicted molar refractivity (Wildman–Crippen MR) is 81.0 cm³/mol. The van der Waals surface area contributed by atoms with Crippen molar-refractivity contribution in [1.29, 1.82) is 0 Å². The molecule has 2 aromatic carbocycles. The van der Waals surface area contributed by atoms with E-state index in [1.54, 1.807) is 30.3 Å². The highest BCUT2D eigenvalue weighted by Crippen LogP contribution is 2.28. The van der Waals surface area contributed by atoms with Crippen LogP contribution >= 0.6 is 0 Å². The Hall–Kier alpha value is -2.76. The fourth-order valence-electron chi connectivity index (χ4n) is 2.21. The molecule has 0 radical (unpaired) electrons. The summed E-state index contributed by atoms with van der Waals surface area (Å²) in [6, 6.07) is 11.3. The van der Waals surface area contributed by atoms with E-state index in [2.05, 4.69) is 5.32 Å². The van der Waals surface area contributed by atoms with Crippen LogP contribution in [-0.2, 0) is 15.0 Å². The number of nitrogens with one attached hydrogen (secondary N) is 1. The summed E-state index contributed by atoms with van der Waals surface area (Å²) in [6.45, 7) is 1.44. The molecule has 0 aromatic heterocycles. The minimum absolute atomic E-state index is 0.0645. The van der Waals surface area contributed by atoms with Gasteiger partial charge in [0.1, 0.15) is 0 Å². The van der Waals surface area contributed by atoms with Crippen molar-refractivity contribution >= 4 is 17.6 Å². The van der Waals surface area contributed by atoms with Gasteiger partial charge in [-0.25, -0.2) is 8.78 Å². The molecule has 2 N–H and O–H groups in total. The van der Waals surface area contributed by atoms with Crippen molar-refractivity contribution in [2.45, 2.75) is 18.8 Å². The zero-order chi connectivity index (χ0) is 17.0. The maximum atomic E-state index is 13.1. The number of anilines is 1. The first-order valence-electron chi connectivity index (χ1n) is 6.87. The zero-order valence-electron chi connectivity index (χ0n) is 12.3. The van der Waals surface area contributed by atoms with Gasteiger partial charge in [-0.1, -0.05) is 30.3 Å². The number of hydrogen-bond acceptors (Lipinski definition) is 2.